The van der Waals surface area contributed by atoms with E-state index in [1.807, 2.05) is 18.2 Å². The fraction of sp³-hybridized carbons (Fsp3) is 0.600. The molecule has 0 spiro atoms. The van der Waals surface area contributed by atoms with Crippen molar-refractivity contribution in [2.45, 2.75) is 37.8 Å². The molecule has 3 rings (SSSR count). The van der Waals surface area contributed by atoms with Crippen LogP contribution >= 0.6 is 11.6 Å². The fourth-order valence-electron chi connectivity index (χ4n) is 3.21. The zero-order valence-corrected chi connectivity index (χ0v) is 11.7. The van der Waals surface area contributed by atoms with Gasteiger partial charge in [0.1, 0.15) is 11.9 Å². The third-order valence-corrected chi connectivity index (χ3v) is 4.50. The van der Waals surface area contributed by atoms with Gasteiger partial charge in [-0.2, -0.15) is 0 Å². The van der Waals surface area contributed by atoms with Crippen LogP contribution in [0.4, 0.5) is 0 Å². The van der Waals surface area contributed by atoms with Crippen LogP contribution in [-0.4, -0.2) is 30.4 Å². The van der Waals surface area contributed by atoms with E-state index in [1.54, 1.807) is 0 Å². The summed E-state index contributed by atoms with van der Waals surface area (Å²) in [5.41, 5.74) is 1.20. The second kappa shape index (κ2) is 5.70. The lowest BCUT2D eigenvalue weighted by atomic mass is 10.0. The van der Waals surface area contributed by atoms with Gasteiger partial charge in [-0.25, -0.2) is 0 Å². The molecule has 1 aliphatic heterocycles. The first-order chi connectivity index (χ1) is 9.26. The van der Waals surface area contributed by atoms with Crippen LogP contribution in [0.3, 0.4) is 0 Å². The number of nitrogens with one attached hydrogen (secondary N) is 1. The van der Waals surface area contributed by atoms with E-state index in [-0.39, 0.29) is 6.10 Å². The average Bonchev–Trinajstić information content (AvgIpc) is 3.01. The molecule has 1 heterocycles. The Morgan fingerprint density at radius 1 is 1.37 bits per heavy atom. The molecular weight excluding hydrogens is 262 g/mol. The van der Waals surface area contributed by atoms with Gasteiger partial charge in [0.05, 0.1) is 0 Å². The molecule has 0 radical (unpaired) electrons. The Balaban J connectivity index is 1.53. The number of benzene rings is 1. The Morgan fingerprint density at radius 3 is 3.11 bits per heavy atom. The zero-order valence-electron chi connectivity index (χ0n) is 10.9. The van der Waals surface area contributed by atoms with Crippen molar-refractivity contribution >= 4 is 11.6 Å². The maximum atomic E-state index is 9.32. The highest BCUT2D eigenvalue weighted by atomic mass is 35.5. The molecule has 1 aromatic rings. The Kier molecular flexibility index (Phi) is 3.96. The molecule has 1 aliphatic carbocycles. The molecule has 2 aliphatic rings. The summed E-state index contributed by atoms with van der Waals surface area (Å²) in [5.74, 6) is 1.37. The van der Waals surface area contributed by atoms with E-state index in [0.29, 0.717) is 18.6 Å². The van der Waals surface area contributed by atoms with Gasteiger partial charge in [-0.1, -0.05) is 18.0 Å². The standard InChI is InChI=1S/C15H20ClNO2/c16-12-4-5-15-11(6-12)7-13(19-15)8-17-14-3-1-2-10(14)9-18/h4-6,10,13-14,17-18H,1-3,7-9H2. The van der Waals surface area contributed by atoms with Crippen LogP contribution in [0.2, 0.25) is 5.02 Å². The number of aliphatic hydroxyl groups excluding tert-OH is 1. The number of fused-ring (bicyclic) bond motifs is 1. The first-order valence-electron chi connectivity index (χ1n) is 7.05. The monoisotopic (exact) mass is 281 g/mol. The number of hydrogen-bond donors (Lipinski definition) is 2. The molecule has 0 saturated heterocycles. The lowest BCUT2D eigenvalue weighted by molar-refractivity contribution is 0.184. The number of aliphatic hydroxyl groups is 1. The summed E-state index contributed by atoms with van der Waals surface area (Å²) in [6.45, 7) is 1.13. The van der Waals surface area contributed by atoms with Gasteiger partial charge in [0.15, 0.2) is 0 Å². The zero-order chi connectivity index (χ0) is 13.2. The predicted molar refractivity (Wildman–Crippen MR) is 75.8 cm³/mol. The molecule has 0 bridgehead atoms. The number of ether oxygens (including phenoxy) is 1. The summed E-state index contributed by atoms with van der Waals surface area (Å²) in [7, 11) is 0. The topological polar surface area (TPSA) is 41.5 Å². The highest BCUT2D eigenvalue weighted by molar-refractivity contribution is 6.30. The lowest BCUT2D eigenvalue weighted by Crippen LogP contribution is -2.40. The minimum Gasteiger partial charge on any atom is -0.488 e. The Hall–Kier alpha value is -0.770. The van der Waals surface area contributed by atoms with Crippen molar-refractivity contribution in [2.75, 3.05) is 13.2 Å². The van der Waals surface area contributed by atoms with Crippen molar-refractivity contribution < 1.29 is 9.84 Å². The molecule has 0 amide bonds. The van der Waals surface area contributed by atoms with Gasteiger partial charge < -0.3 is 15.2 Å². The molecule has 3 nitrogen and oxygen atoms in total. The van der Waals surface area contributed by atoms with Gasteiger partial charge in [0.2, 0.25) is 0 Å². The van der Waals surface area contributed by atoms with Crippen LogP contribution in [0.15, 0.2) is 18.2 Å². The maximum Gasteiger partial charge on any atom is 0.123 e. The van der Waals surface area contributed by atoms with E-state index in [9.17, 15) is 5.11 Å². The smallest absolute Gasteiger partial charge is 0.123 e. The van der Waals surface area contributed by atoms with Crippen LogP contribution in [0.25, 0.3) is 0 Å². The summed E-state index contributed by atoms with van der Waals surface area (Å²) in [4.78, 5) is 0. The third kappa shape index (κ3) is 2.88. The Bertz CT molecular complexity index is 452. The van der Waals surface area contributed by atoms with Crippen LogP contribution in [0.5, 0.6) is 5.75 Å². The first-order valence-corrected chi connectivity index (χ1v) is 7.43. The molecule has 1 aromatic carbocycles. The SMILES string of the molecule is OCC1CCCC1NCC1Cc2cc(Cl)ccc2O1. The predicted octanol–water partition coefficient (Wildman–Crippen LogP) is 2.39. The Labute approximate surface area is 118 Å². The molecule has 3 unspecified atom stereocenters. The summed E-state index contributed by atoms with van der Waals surface area (Å²) >= 11 is 5.99. The molecule has 4 heteroatoms. The number of halogens is 1. The minimum atomic E-state index is 0.188. The van der Waals surface area contributed by atoms with Crippen LogP contribution in [0, 0.1) is 5.92 Å². The Morgan fingerprint density at radius 2 is 2.26 bits per heavy atom. The van der Waals surface area contributed by atoms with Crippen molar-refractivity contribution in [2.24, 2.45) is 5.92 Å². The van der Waals surface area contributed by atoms with Crippen LogP contribution in [-0.2, 0) is 6.42 Å². The maximum absolute atomic E-state index is 9.32. The van der Waals surface area contributed by atoms with E-state index in [2.05, 4.69) is 5.32 Å². The number of rotatable bonds is 4. The first kappa shape index (κ1) is 13.2. The lowest BCUT2D eigenvalue weighted by Gasteiger charge is -2.21. The normalized spacial score (nSPS) is 29.3. The van der Waals surface area contributed by atoms with E-state index in [0.717, 1.165) is 36.6 Å². The number of hydrogen-bond acceptors (Lipinski definition) is 3. The van der Waals surface area contributed by atoms with E-state index in [4.69, 9.17) is 16.3 Å². The largest absolute Gasteiger partial charge is 0.488 e. The summed E-state index contributed by atoms with van der Waals surface area (Å²) in [6.07, 6.45) is 4.61. The molecule has 104 valence electrons. The highest BCUT2D eigenvalue weighted by Gasteiger charge is 2.29. The van der Waals surface area contributed by atoms with Crippen LogP contribution in [0.1, 0.15) is 24.8 Å². The van der Waals surface area contributed by atoms with Crippen molar-refractivity contribution in [1.29, 1.82) is 0 Å². The average molecular weight is 282 g/mol. The molecule has 1 fully saturated rings. The van der Waals surface area contributed by atoms with Gasteiger partial charge in [0.25, 0.3) is 0 Å². The van der Waals surface area contributed by atoms with Crippen molar-refractivity contribution in [3.05, 3.63) is 28.8 Å². The van der Waals surface area contributed by atoms with Gasteiger partial charge in [-0.3, -0.25) is 0 Å². The van der Waals surface area contributed by atoms with Gasteiger partial charge >= 0.3 is 0 Å². The molecular formula is C15H20ClNO2. The van der Waals surface area contributed by atoms with Crippen LogP contribution < -0.4 is 10.1 Å². The van der Waals surface area contributed by atoms with Gasteiger partial charge in [-0.05, 0) is 42.5 Å². The molecule has 1 saturated carbocycles. The highest BCUT2D eigenvalue weighted by Crippen LogP contribution is 2.31. The molecule has 3 atom stereocenters. The van der Waals surface area contributed by atoms with Gasteiger partial charge in [-0.15, -0.1) is 0 Å². The molecule has 2 N–H and O–H groups in total. The van der Waals surface area contributed by atoms with E-state index < -0.39 is 0 Å². The second-order valence-corrected chi connectivity index (χ2v) is 6.02. The second-order valence-electron chi connectivity index (χ2n) is 5.58. The van der Waals surface area contributed by atoms with Crippen molar-refractivity contribution in [3.8, 4) is 5.75 Å². The fourth-order valence-corrected chi connectivity index (χ4v) is 3.40. The molecule has 0 aromatic heterocycles. The minimum absolute atomic E-state index is 0.188. The summed E-state index contributed by atoms with van der Waals surface area (Å²) < 4.78 is 5.91. The molecule has 19 heavy (non-hydrogen) atoms. The quantitative estimate of drug-likeness (QED) is 0.890. The summed E-state index contributed by atoms with van der Waals surface area (Å²) in [5, 5.41) is 13.6. The van der Waals surface area contributed by atoms with Crippen molar-refractivity contribution in [3.63, 3.8) is 0 Å². The summed E-state index contributed by atoms with van der Waals surface area (Å²) in [6, 6.07) is 6.25. The third-order valence-electron chi connectivity index (χ3n) is 4.27. The van der Waals surface area contributed by atoms with E-state index >= 15 is 0 Å². The van der Waals surface area contributed by atoms with Gasteiger partial charge in [0, 0.05) is 30.6 Å². The van der Waals surface area contributed by atoms with Crippen molar-refractivity contribution in [1.82, 2.24) is 5.32 Å². The van der Waals surface area contributed by atoms with E-state index in [1.165, 1.54) is 12.0 Å².